The molecule has 0 spiro atoms. The monoisotopic (exact) mass is 229 g/mol. The Morgan fingerprint density at radius 3 is 2.82 bits per heavy atom. The fourth-order valence-electron chi connectivity index (χ4n) is 2.63. The summed E-state index contributed by atoms with van der Waals surface area (Å²) < 4.78 is 2.27. The van der Waals surface area contributed by atoms with Gasteiger partial charge in [-0.1, -0.05) is 6.42 Å². The number of nitrogens with zero attached hydrogens (tertiary/aromatic N) is 3. The molecular formula is C14H19N3. The van der Waals surface area contributed by atoms with Gasteiger partial charge >= 0.3 is 0 Å². The molecule has 0 aromatic carbocycles. The van der Waals surface area contributed by atoms with Gasteiger partial charge in [0.2, 0.25) is 0 Å². The third-order valence-electron chi connectivity index (χ3n) is 3.63. The van der Waals surface area contributed by atoms with Crippen molar-refractivity contribution in [3.63, 3.8) is 0 Å². The van der Waals surface area contributed by atoms with Crippen LogP contribution >= 0.6 is 0 Å². The van der Waals surface area contributed by atoms with Crippen LogP contribution in [0.25, 0.3) is 11.0 Å². The molecule has 0 aliphatic carbocycles. The molecule has 3 nitrogen and oxygen atoms in total. The van der Waals surface area contributed by atoms with Crippen molar-refractivity contribution >= 4 is 11.0 Å². The van der Waals surface area contributed by atoms with Crippen molar-refractivity contribution in [1.29, 1.82) is 0 Å². The van der Waals surface area contributed by atoms with E-state index in [1.165, 1.54) is 37.7 Å². The van der Waals surface area contributed by atoms with E-state index in [1.54, 1.807) is 0 Å². The Labute approximate surface area is 102 Å². The van der Waals surface area contributed by atoms with E-state index >= 15 is 0 Å². The van der Waals surface area contributed by atoms with Crippen LogP contribution < -0.4 is 0 Å². The summed E-state index contributed by atoms with van der Waals surface area (Å²) >= 11 is 0. The summed E-state index contributed by atoms with van der Waals surface area (Å²) in [5, 5.41) is 1.24. The lowest BCUT2D eigenvalue weighted by atomic mass is 10.1. The molecule has 1 aliphatic heterocycles. The number of hydrogen-bond acceptors (Lipinski definition) is 2. The van der Waals surface area contributed by atoms with Gasteiger partial charge in [0.15, 0.2) is 0 Å². The molecule has 90 valence electrons. The summed E-state index contributed by atoms with van der Waals surface area (Å²) in [5.74, 6) is 0. The molecule has 1 fully saturated rings. The quantitative estimate of drug-likeness (QED) is 0.806. The molecule has 0 amide bonds. The van der Waals surface area contributed by atoms with Crippen LogP contribution in [0.2, 0.25) is 0 Å². The molecule has 3 rings (SSSR count). The first-order chi connectivity index (χ1) is 8.43. The minimum atomic E-state index is 1.06. The van der Waals surface area contributed by atoms with Gasteiger partial charge in [0, 0.05) is 30.9 Å². The molecule has 17 heavy (non-hydrogen) atoms. The number of likely N-dealkylation sites (tertiary alicyclic amines) is 1. The van der Waals surface area contributed by atoms with Gasteiger partial charge in [0.05, 0.1) is 0 Å². The number of fused-ring (bicyclic) bond motifs is 1. The lowest BCUT2D eigenvalue weighted by Crippen LogP contribution is -2.32. The number of aromatic nitrogens is 2. The second-order valence-electron chi connectivity index (χ2n) is 4.83. The third-order valence-corrected chi connectivity index (χ3v) is 3.63. The Hall–Kier alpha value is -1.35. The van der Waals surface area contributed by atoms with Gasteiger partial charge in [-0.2, -0.15) is 0 Å². The topological polar surface area (TPSA) is 21.1 Å². The molecule has 0 N–H and O–H groups in total. The van der Waals surface area contributed by atoms with Gasteiger partial charge in [-0.05, 0) is 44.1 Å². The first kappa shape index (κ1) is 10.8. The zero-order valence-corrected chi connectivity index (χ0v) is 10.2. The molecule has 0 atom stereocenters. The molecule has 0 saturated carbocycles. The maximum absolute atomic E-state index is 4.45. The normalized spacial score (nSPS) is 17.6. The highest BCUT2D eigenvalue weighted by atomic mass is 15.2. The van der Waals surface area contributed by atoms with E-state index < -0.39 is 0 Å². The maximum Gasteiger partial charge on any atom is 0.139 e. The van der Waals surface area contributed by atoms with E-state index in [0.717, 1.165) is 18.7 Å². The van der Waals surface area contributed by atoms with Gasteiger partial charge in [-0.3, -0.25) is 0 Å². The van der Waals surface area contributed by atoms with E-state index in [4.69, 9.17) is 0 Å². The molecule has 3 heteroatoms. The minimum Gasteiger partial charge on any atom is -0.331 e. The van der Waals surface area contributed by atoms with Crippen LogP contribution in [0.15, 0.2) is 30.6 Å². The SMILES string of the molecule is c1cnc2c(c1)ccn2CCN1CCCCC1. The Morgan fingerprint density at radius 2 is 1.94 bits per heavy atom. The molecule has 0 unspecified atom stereocenters. The van der Waals surface area contributed by atoms with E-state index in [2.05, 4.69) is 32.8 Å². The van der Waals surface area contributed by atoms with Crippen LogP contribution in [0.3, 0.4) is 0 Å². The van der Waals surface area contributed by atoms with E-state index in [-0.39, 0.29) is 0 Å². The van der Waals surface area contributed by atoms with Crippen molar-refractivity contribution in [2.45, 2.75) is 25.8 Å². The first-order valence-corrected chi connectivity index (χ1v) is 6.56. The van der Waals surface area contributed by atoms with E-state index in [1.807, 2.05) is 12.3 Å². The molecule has 0 bridgehead atoms. The first-order valence-electron chi connectivity index (χ1n) is 6.56. The van der Waals surface area contributed by atoms with Gasteiger partial charge in [0.1, 0.15) is 5.65 Å². The Balaban J connectivity index is 1.68. The largest absolute Gasteiger partial charge is 0.331 e. The highest BCUT2D eigenvalue weighted by molar-refractivity contribution is 5.75. The van der Waals surface area contributed by atoms with E-state index in [0.29, 0.717) is 0 Å². The van der Waals surface area contributed by atoms with Crippen molar-refractivity contribution in [1.82, 2.24) is 14.5 Å². The number of pyridine rings is 1. The molecule has 0 radical (unpaired) electrons. The molecule has 1 saturated heterocycles. The summed E-state index contributed by atoms with van der Waals surface area (Å²) in [4.78, 5) is 7.02. The number of piperidine rings is 1. The van der Waals surface area contributed by atoms with Crippen LogP contribution in [0.5, 0.6) is 0 Å². The van der Waals surface area contributed by atoms with Crippen LogP contribution in [0, 0.1) is 0 Å². The summed E-state index contributed by atoms with van der Waals surface area (Å²) in [5.41, 5.74) is 1.12. The fraction of sp³-hybridized carbons (Fsp3) is 0.500. The Morgan fingerprint density at radius 1 is 1.06 bits per heavy atom. The third kappa shape index (κ3) is 2.34. The van der Waals surface area contributed by atoms with E-state index in [9.17, 15) is 0 Å². The van der Waals surface area contributed by atoms with Crippen molar-refractivity contribution < 1.29 is 0 Å². The zero-order chi connectivity index (χ0) is 11.5. The molecule has 2 aromatic rings. The smallest absolute Gasteiger partial charge is 0.139 e. The Bertz CT molecular complexity index is 483. The number of hydrogen-bond donors (Lipinski definition) is 0. The standard InChI is InChI=1S/C14H19N3/c1-2-8-16(9-3-1)11-12-17-10-6-13-5-4-7-15-14(13)17/h4-7,10H,1-3,8-9,11-12H2. The summed E-state index contributed by atoms with van der Waals surface area (Å²) in [6, 6.07) is 6.27. The molecule has 2 aromatic heterocycles. The Kier molecular flexibility index (Phi) is 3.10. The predicted molar refractivity (Wildman–Crippen MR) is 70.0 cm³/mol. The highest BCUT2D eigenvalue weighted by Crippen LogP contribution is 2.13. The number of rotatable bonds is 3. The average molecular weight is 229 g/mol. The molecule has 1 aliphatic rings. The summed E-state index contributed by atoms with van der Waals surface area (Å²) in [6.45, 7) is 4.75. The van der Waals surface area contributed by atoms with Crippen molar-refractivity contribution in [3.05, 3.63) is 30.6 Å². The summed E-state index contributed by atoms with van der Waals surface area (Å²) in [7, 11) is 0. The second-order valence-corrected chi connectivity index (χ2v) is 4.83. The predicted octanol–water partition coefficient (Wildman–Crippen LogP) is 2.52. The summed E-state index contributed by atoms with van der Waals surface area (Å²) in [6.07, 6.45) is 8.17. The van der Waals surface area contributed by atoms with Gasteiger partial charge in [0.25, 0.3) is 0 Å². The van der Waals surface area contributed by atoms with Crippen molar-refractivity contribution in [2.75, 3.05) is 19.6 Å². The van der Waals surface area contributed by atoms with Gasteiger partial charge in [-0.25, -0.2) is 4.98 Å². The fourth-order valence-corrected chi connectivity index (χ4v) is 2.63. The van der Waals surface area contributed by atoms with Gasteiger partial charge in [-0.15, -0.1) is 0 Å². The zero-order valence-electron chi connectivity index (χ0n) is 10.2. The van der Waals surface area contributed by atoms with Crippen molar-refractivity contribution in [3.8, 4) is 0 Å². The van der Waals surface area contributed by atoms with Gasteiger partial charge < -0.3 is 9.47 Å². The molecular weight excluding hydrogens is 210 g/mol. The van der Waals surface area contributed by atoms with Crippen LogP contribution in [0.1, 0.15) is 19.3 Å². The lowest BCUT2D eigenvalue weighted by Gasteiger charge is -2.26. The van der Waals surface area contributed by atoms with Crippen molar-refractivity contribution in [2.24, 2.45) is 0 Å². The minimum absolute atomic E-state index is 1.06. The average Bonchev–Trinajstić information content (AvgIpc) is 2.81. The maximum atomic E-state index is 4.45. The second kappa shape index (κ2) is 4.88. The van der Waals surface area contributed by atoms with Crippen LogP contribution in [0.4, 0.5) is 0 Å². The van der Waals surface area contributed by atoms with Crippen LogP contribution in [-0.2, 0) is 6.54 Å². The highest BCUT2D eigenvalue weighted by Gasteiger charge is 2.10. The molecule has 3 heterocycles. The van der Waals surface area contributed by atoms with Crippen LogP contribution in [-0.4, -0.2) is 34.1 Å². The lowest BCUT2D eigenvalue weighted by molar-refractivity contribution is 0.221.